The van der Waals surface area contributed by atoms with Crippen molar-refractivity contribution in [2.24, 2.45) is 0 Å². The van der Waals surface area contributed by atoms with Gasteiger partial charge in [-0.1, -0.05) is 30.3 Å². The Balaban J connectivity index is 1.73. The lowest BCUT2D eigenvalue weighted by atomic mass is 10.1. The molecule has 0 radical (unpaired) electrons. The van der Waals surface area contributed by atoms with Crippen molar-refractivity contribution in [1.29, 1.82) is 0 Å². The van der Waals surface area contributed by atoms with Crippen LogP contribution in [0.25, 0.3) is 11.0 Å². The van der Waals surface area contributed by atoms with Gasteiger partial charge in [-0.25, -0.2) is 9.59 Å². The summed E-state index contributed by atoms with van der Waals surface area (Å²) in [4.78, 5) is 36.6. The van der Waals surface area contributed by atoms with E-state index >= 15 is 0 Å². The number of hydrogen-bond acceptors (Lipinski definition) is 6. The molecule has 2 amide bonds. The average molecular weight is 494 g/mol. The zero-order chi connectivity index (χ0) is 24.7. The fourth-order valence-corrected chi connectivity index (χ4v) is 3.59. The molecule has 34 heavy (non-hydrogen) atoms. The second kappa shape index (κ2) is 11.1. The Bertz CT molecular complexity index is 1210. The van der Waals surface area contributed by atoms with Crippen LogP contribution >= 0.6 is 11.8 Å². The number of hydrogen-bond donors (Lipinski definition) is 2. The number of nitrogens with one attached hydrogen (secondary N) is 2. The number of rotatable bonds is 8. The Kier molecular flexibility index (Phi) is 8.21. The maximum atomic E-state index is 13.2. The molecule has 1 heterocycles. The predicted octanol–water partition coefficient (Wildman–Crippen LogP) is 4.80. The molecule has 0 fully saturated rings. The van der Waals surface area contributed by atoms with Gasteiger partial charge in [-0.3, -0.25) is 4.79 Å². The fourth-order valence-electron chi connectivity index (χ4n) is 3.12. The van der Waals surface area contributed by atoms with Crippen LogP contribution in [-0.2, 0) is 22.3 Å². The maximum absolute atomic E-state index is 13.2. The third kappa shape index (κ3) is 6.77. The third-order valence-corrected chi connectivity index (χ3v) is 5.39. The van der Waals surface area contributed by atoms with Crippen molar-refractivity contribution in [2.75, 3.05) is 17.3 Å². The Labute approximate surface area is 196 Å². The number of ether oxygens (including phenoxy) is 1. The zero-order valence-electron chi connectivity index (χ0n) is 18.0. The van der Waals surface area contributed by atoms with Gasteiger partial charge in [0.25, 0.3) is 0 Å². The van der Waals surface area contributed by atoms with Crippen LogP contribution < -0.4 is 16.3 Å². The van der Waals surface area contributed by atoms with Crippen molar-refractivity contribution in [3.05, 3.63) is 76.1 Å². The molecule has 180 valence electrons. The van der Waals surface area contributed by atoms with E-state index in [9.17, 15) is 27.6 Å². The smallest absolute Gasteiger partial charge is 0.417 e. The number of carbonyl (C=O) groups excluding carboxylic acids is 2. The second-order valence-electron chi connectivity index (χ2n) is 7.22. The van der Waals surface area contributed by atoms with Crippen molar-refractivity contribution < 1.29 is 31.9 Å². The molecule has 7 nitrogen and oxygen atoms in total. The number of fused-ring (bicyclic) bond motifs is 1. The number of carbonyl (C=O) groups is 2. The number of benzene rings is 2. The van der Waals surface area contributed by atoms with Gasteiger partial charge in [-0.05, 0) is 36.1 Å². The Morgan fingerprint density at radius 2 is 1.85 bits per heavy atom. The highest BCUT2D eigenvalue weighted by molar-refractivity contribution is 7.98. The molecule has 1 unspecified atom stereocenters. The van der Waals surface area contributed by atoms with E-state index in [2.05, 4.69) is 10.6 Å². The van der Waals surface area contributed by atoms with Crippen molar-refractivity contribution in [3.63, 3.8) is 0 Å². The molecule has 0 spiro atoms. The van der Waals surface area contributed by atoms with E-state index < -0.39 is 35.4 Å². The quantitative estimate of drug-likeness (QED) is 0.437. The number of anilines is 1. The molecule has 0 bridgehead atoms. The maximum Gasteiger partial charge on any atom is 0.417 e. The van der Waals surface area contributed by atoms with Crippen LogP contribution in [0.3, 0.4) is 0 Å². The molecule has 1 aromatic heterocycles. The molecule has 2 N–H and O–H groups in total. The van der Waals surface area contributed by atoms with Gasteiger partial charge in [0, 0.05) is 23.2 Å². The highest BCUT2D eigenvalue weighted by Crippen LogP contribution is 2.34. The first kappa shape index (κ1) is 25.2. The molecular weight excluding hydrogens is 473 g/mol. The van der Waals surface area contributed by atoms with E-state index in [4.69, 9.17) is 9.15 Å². The fraction of sp³-hybridized carbons (Fsp3) is 0.261. The lowest BCUT2D eigenvalue weighted by Gasteiger charge is -2.18. The van der Waals surface area contributed by atoms with Crippen LogP contribution in [0.5, 0.6) is 0 Å². The SMILES string of the molecule is CSCCC(NC(=O)OCc1ccccc1)C(=O)Nc1ccc2c(C(F)(F)F)cc(=O)oc2c1. The van der Waals surface area contributed by atoms with E-state index in [1.54, 1.807) is 24.3 Å². The summed E-state index contributed by atoms with van der Waals surface area (Å²) in [5, 5.41) is 4.73. The molecule has 0 saturated heterocycles. The van der Waals surface area contributed by atoms with Crippen molar-refractivity contribution in [2.45, 2.75) is 25.2 Å². The summed E-state index contributed by atoms with van der Waals surface area (Å²) >= 11 is 1.47. The lowest BCUT2D eigenvalue weighted by molar-refractivity contribution is -0.136. The molecule has 0 aliphatic carbocycles. The number of amides is 2. The first-order valence-corrected chi connectivity index (χ1v) is 11.5. The Morgan fingerprint density at radius 3 is 2.53 bits per heavy atom. The largest absolute Gasteiger partial charge is 0.445 e. The van der Waals surface area contributed by atoms with Gasteiger partial charge in [0.05, 0.1) is 5.56 Å². The second-order valence-corrected chi connectivity index (χ2v) is 8.20. The van der Waals surface area contributed by atoms with Crippen LogP contribution in [0.2, 0.25) is 0 Å². The summed E-state index contributed by atoms with van der Waals surface area (Å²) in [5.74, 6) is -0.0436. The van der Waals surface area contributed by atoms with Gasteiger partial charge < -0.3 is 19.8 Å². The summed E-state index contributed by atoms with van der Waals surface area (Å²) in [6.45, 7) is 0.0226. The van der Waals surface area contributed by atoms with Gasteiger partial charge in [0.1, 0.15) is 18.2 Å². The first-order valence-electron chi connectivity index (χ1n) is 10.1. The highest BCUT2D eigenvalue weighted by atomic mass is 32.2. The molecule has 3 rings (SSSR count). The van der Waals surface area contributed by atoms with Crippen molar-refractivity contribution in [1.82, 2.24) is 5.32 Å². The minimum Gasteiger partial charge on any atom is -0.445 e. The molecule has 3 aromatic rings. The predicted molar refractivity (Wildman–Crippen MR) is 123 cm³/mol. The first-order chi connectivity index (χ1) is 16.2. The van der Waals surface area contributed by atoms with Crippen LogP contribution in [-0.4, -0.2) is 30.1 Å². The van der Waals surface area contributed by atoms with Gasteiger partial charge in [-0.2, -0.15) is 24.9 Å². The summed E-state index contributed by atoms with van der Waals surface area (Å²) in [6.07, 6.45) is -3.41. The molecule has 0 saturated carbocycles. The van der Waals surface area contributed by atoms with Gasteiger partial charge >= 0.3 is 17.9 Å². The van der Waals surface area contributed by atoms with E-state index in [1.165, 1.54) is 17.8 Å². The molecule has 11 heteroatoms. The third-order valence-electron chi connectivity index (χ3n) is 4.75. The Hall–Kier alpha value is -3.47. The summed E-state index contributed by atoms with van der Waals surface area (Å²) in [7, 11) is 0. The molecule has 0 aliphatic rings. The monoisotopic (exact) mass is 494 g/mol. The summed E-state index contributed by atoms with van der Waals surface area (Å²) < 4.78 is 49.7. The topological polar surface area (TPSA) is 97.6 Å². The molecule has 1 atom stereocenters. The number of alkyl halides is 3. The Morgan fingerprint density at radius 1 is 1.12 bits per heavy atom. The van der Waals surface area contributed by atoms with Gasteiger partial charge in [0.2, 0.25) is 5.91 Å². The van der Waals surface area contributed by atoms with E-state index in [0.717, 1.165) is 17.7 Å². The minimum atomic E-state index is -4.74. The molecule has 2 aromatic carbocycles. The molecule has 0 aliphatic heterocycles. The number of alkyl carbamates (subject to hydrolysis) is 1. The van der Waals surface area contributed by atoms with Crippen molar-refractivity contribution in [3.8, 4) is 0 Å². The van der Waals surface area contributed by atoms with Gasteiger partial charge in [0.15, 0.2) is 0 Å². The van der Waals surface area contributed by atoms with Crippen molar-refractivity contribution >= 4 is 40.4 Å². The van der Waals surface area contributed by atoms with Crippen LogP contribution in [0.1, 0.15) is 17.5 Å². The van der Waals surface area contributed by atoms with Crippen LogP contribution in [0, 0.1) is 0 Å². The van der Waals surface area contributed by atoms with E-state index in [1.807, 2.05) is 12.3 Å². The van der Waals surface area contributed by atoms with E-state index in [0.29, 0.717) is 11.8 Å². The molecular formula is C23H21F3N2O5S. The normalized spacial score (nSPS) is 12.2. The number of halogens is 3. The highest BCUT2D eigenvalue weighted by Gasteiger charge is 2.34. The van der Waals surface area contributed by atoms with Crippen LogP contribution in [0.4, 0.5) is 23.7 Å². The standard InChI is InChI=1S/C23H21F3N2O5S/c1-34-10-9-18(28-22(31)32-13-14-5-3-2-4-6-14)21(30)27-15-7-8-16-17(23(24,25)26)12-20(29)33-19(16)11-15/h2-8,11-12,18H,9-10,13H2,1H3,(H,27,30)(H,28,31). The zero-order valence-corrected chi connectivity index (χ0v) is 18.8. The summed E-state index contributed by atoms with van der Waals surface area (Å²) in [6, 6.07) is 11.9. The summed E-state index contributed by atoms with van der Waals surface area (Å²) in [5.41, 5.74) is -1.73. The number of thioether (sulfide) groups is 1. The average Bonchev–Trinajstić information content (AvgIpc) is 2.79. The van der Waals surface area contributed by atoms with Gasteiger partial charge in [-0.15, -0.1) is 0 Å². The lowest BCUT2D eigenvalue weighted by Crippen LogP contribution is -2.44. The minimum absolute atomic E-state index is 0.0226. The van der Waals surface area contributed by atoms with Crippen LogP contribution in [0.15, 0.2) is 63.8 Å². The van der Waals surface area contributed by atoms with E-state index in [-0.39, 0.29) is 29.7 Å².